The summed E-state index contributed by atoms with van der Waals surface area (Å²) in [5.41, 5.74) is 0.408. The topological polar surface area (TPSA) is 116 Å². The smallest absolute Gasteiger partial charge is 0.258 e. The molecule has 2 heterocycles. The first-order valence-electron chi connectivity index (χ1n) is 9.34. The van der Waals surface area contributed by atoms with Crippen LogP contribution in [0.2, 0.25) is 0 Å². The number of hydrogen-bond donors (Lipinski definition) is 4. The molecule has 0 saturated heterocycles. The van der Waals surface area contributed by atoms with Gasteiger partial charge >= 0.3 is 0 Å². The Morgan fingerprint density at radius 1 is 1.13 bits per heavy atom. The molecular formula is C21H17F2N5O3. The predicted octanol–water partition coefficient (Wildman–Crippen LogP) is 3.16. The molecule has 0 bridgehead atoms. The standard InChI is InChI=1S/C21H17F2N5O3/c1-10-2-7-15(14(23)8-10)25-19(30)13-9-16(29)26-18-17(13)20(31)28-21(27-18)24-12-5-3-11(22)4-6-12/h2-8,13H,9H2,1H3,(H,25,30)(H3,24,26,27,28,29,31)/t13-/m0/s1. The number of halogens is 2. The van der Waals surface area contributed by atoms with Crippen LogP contribution in [0.3, 0.4) is 0 Å². The molecule has 3 aromatic rings. The van der Waals surface area contributed by atoms with Crippen LogP contribution >= 0.6 is 0 Å². The number of carbonyl (C=O) groups is 2. The molecule has 2 amide bonds. The summed E-state index contributed by atoms with van der Waals surface area (Å²) in [6, 6.07) is 9.64. The van der Waals surface area contributed by atoms with Crippen molar-refractivity contribution in [3.63, 3.8) is 0 Å². The Balaban J connectivity index is 1.64. The first-order valence-corrected chi connectivity index (χ1v) is 9.34. The van der Waals surface area contributed by atoms with E-state index in [1.807, 2.05) is 0 Å². The number of amides is 2. The van der Waals surface area contributed by atoms with Gasteiger partial charge in [-0.15, -0.1) is 0 Å². The van der Waals surface area contributed by atoms with Crippen molar-refractivity contribution in [2.45, 2.75) is 19.3 Å². The lowest BCUT2D eigenvalue weighted by molar-refractivity contribution is -0.123. The number of rotatable bonds is 4. The molecule has 4 N–H and O–H groups in total. The zero-order valence-corrected chi connectivity index (χ0v) is 16.3. The molecule has 0 unspecified atom stereocenters. The van der Waals surface area contributed by atoms with Crippen LogP contribution in [0.5, 0.6) is 0 Å². The van der Waals surface area contributed by atoms with Crippen molar-refractivity contribution in [2.75, 3.05) is 16.0 Å². The molecule has 0 saturated carbocycles. The first kappa shape index (κ1) is 20.2. The molecule has 1 aliphatic rings. The van der Waals surface area contributed by atoms with Gasteiger partial charge in [-0.25, -0.2) is 8.78 Å². The fourth-order valence-electron chi connectivity index (χ4n) is 3.27. The SMILES string of the molecule is Cc1ccc(NC(=O)[C@H]2CC(=O)Nc3nc(Nc4ccc(F)cc4)[nH]c(=O)c32)c(F)c1. The highest BCUT2D eigenvalue weighted by Gasteiger charge is 2.35. The molecule has 4 rings (SSSR count). The second-order valence-electron chi connectivity index (χ2n) is 7.09. The van der Waals surface area contributed by atoms with Crippen molar-refractivity contribution in [3.05, 3.63) is 75.6 Å². The third kappa shape index (κ3) is 4.27. The van der Waals surface area contributed by atoms with Crippen LogP contribution in [0.25, 0.3) is 0 Å². The Hall–Kier alpha value is -4.08. The number of carbonyl (C=O) groups excluding carboxylic acids is 2. The molecular weight excluding hydrogens is 408 g/mol. The quantitative estimate of drug-likeness (QED) is 0.513. The summed E-state index contributed by atoms with van der Waals surface area (Å²) >= 11 is 0. The van der Waals surface area contributed by atoms with E-state index in [2.05, 4.69) is 25.9 Å². The fraction of sp³-hybridized carbons (Fsp3) is 0.143. The van der Waals surface area contributed by atoms with Gasteiger partial charge in [0.2, 0.25) is 17.8 Å². The number of H-pyrrole nitrogens is 1. The van der Waals surface area contributed by atoms with Gasteiger partial charge in [-0.1, -0.05) is 6.07 Å². The van der Waals surface area contributed by atoms with Crippen molar-refractivity contribution >= 4 is 35.0 Å². The molecule has 2 aromatic carbocycles. The first-order chi connectivity index (χ1) is 14.8. The summed E-state index contributed by atoms with van der Waals surface area (Å²) in [7, 11) is 0. The maximum absolute atomic E-state index is 14.1. The number of nitrogens with one attached hydrogen (secondary N) is 4. The number of aryl methyl sites for hydroxylation is 1. The van der Waals surface area contributed by atoms with E-state index in [1.54, 1.807) is 13.0 Å². The van der Waals surface area contributed by atoms with Crippen LogP contribution in [0.15, 0.2) is 47.3 Å². The zero-order valence-electron chi connectivity index (χ0n) is 16.3. The van der Waals surface area contributed by atoms with Gasteiger partial charge in [0.1, 0.15) is 17.5 Å². The van der Waals surface area contributed by atoms with Crippen molar-refractivity contribution in [1.82, 2.24) is 9.97 Å². The summed E-state index contributed by atoms with van der Waals surface area (Å²) in [5, 5.41) is 7.71. The minimum Gasteiger partial charge on any atom is -0.326 e. The Morgan fingerprint density at radius 2 is 1.87 bits per heavy atom. The maximum Gasteiger partial charge on any atom is 0.258 e. The van der Waals surface area contributed by atoms with Crippen molar-refractivity contribution < 1.29 is 18.4 Å². The molecule has 1 aliphatic heterocycles. The number of fused-ring (bicyclic) bond motifs is 1. The monoisotopic (exact) mass is 425 g/mol. The van der Waals surface area contributed by atoms with Crippen LogP contribution in [-0.4, -0.2) is 21.8 Å². The molecule has 1 aromatic heterocycles. The van der Waals surface area contributed by atoms with E-state index in [1.165, 1.54) is 36.4 Å². The second-order valence-corrected chi connectivity index (χ2v) is 7.09. The van der Waals surface area contributed by atoms with Gasteiger partial charge in [0.15, 0.2) is 0 Å². The Labute approximate surface area is 174 Å². The van der Waals surface area contributed by atoms with Gasteiger partial charge < -0.3 is 16.0 Å². The summed E-state index contributed by atoms with van der Waals surface area (Å²) in [4.78, 5) is 44.3. The van der Waals surface area contributed by atoms with Gasteiger partial charge in [-0.3, -0.25) is 19.4 Å². The van der Waals surface area contributed by atoms with Crippen molar-refractivity contribution in [1.29, 1.82) is 0 Å². The molecule has 0 aliphatic carbocycles. The van der Waals surface area contributed by atoms with Gasteiger partial charge in [0.25, 0.3) is 5.56 Å². The lowest BCUT2D eigenvalue weighted by Crippen LogP contribution is -2.36. The van der Waals surface area contributed by atoms with E-state index in [-0.39, 0.29) is 29.4 Å². The highest BCUT2D eigenvalue weighted by atomic mass is 19.1. The Bertz CT molecular complexity index is 1240. The number of anilines is 4. The molecule has 8 nitrogen and oxygen atoms in total. The van der Waals surface area contributed by atoms with Crippen molar-refractivity contribution in [2.24, 2.45) is 0 Å². The average Bonchev–Trinajstić information content (AvgIpc) is 2.71. The van der Waals surface area contributed by atoms with E-state index in [4.69, 9.17) is 0 Å². The third-order valence-electron chi connectivity index (χ3n) is 4.76. The highest BCUT2D eigenvalue weighted by Crippen LogP contribution is 2.30. The van der Waals surface area contributed by atoms with E-state index >= 15 is 0 Å². The van der Waals surface area contributed by atoms with Gasteiger partial charge in [0, 0.05) is 12.1 Å². The fourth-order valence-corrected chi connectivity index (χ4v) is 3.27. The highest BCUT2D eigenvalue weighted by molar-refractivity contribution is 6.04. The minimum atomic E-state index is -1.15. The lowest BCUT2D eigenvalue weighted by Gasteiger charge is -2.23. The van der Waals surface area contributed by atoms with E-state index < -0.39 is 34.9 Å². The number of aromatic nitrogens is 2. The molecule has 0 spiro atoms. The van der Waals surface area contributed by atoms with Crippen LogP contribution in [0.1, 0.15) is 23.5 Å². The Morgan fingerprint density at radius 3 is 2.58 bits per heavy atom. The Kier molecular flexibility index (Phi) is 5.20. The summed E-state index contributed by atoms with van der Waals surface area (Å²) in [5.74, 6) is -3.49. The predicted molar refractivity (Wildman–Crippen MR) is 110 cm³/mol. The number of aromatic amines is 1. The summed E-state index contributed by atoms with van der Waals surface area (Å²) < 4.78 is 27.2. The zero-order chi connectivity index (χ0) is 22.1. The summed E-state index contributed by atoms with van der Waals surface area (Å²) in [6.45, 7) is 1.71. The van der Waals surface area contributed by atoms with Crippen LogP contribution in [0, 0.1) is 18.6 Å². The minimum absolute atomic E-state index is 0.00120. The maximum atomic E-state index is 14.1. The molecule has 158 valence electrons. The number of benzene rings is 2. The van der Waals surface area contributed by atoms with Crippen LogP contribution in [-0.2, 0) is 9.59 Å². The van der Waals surface area contributed by atoms with Crippen LogP contribution < -0.4 is 21.5 Å². The number of nitrogens with zero attached hydrogens (tertiary/aromatic N) is 1. The van der Waals surface area contributed by atoms with Crippen molar-refractivity contribution in [3.8, 4) is 0 Å². The van der Waals surface area contributed by atoms with Crippen LogP contribution in [0.4, 0.5) is 31.9 Å². The molecule has 1 atom stereocenters. The molecule has 31 heavy (non-hydrogen) atoms. The molecule has 0 radical (unpaired) electrons. The van der Waals surface area contributed by atoms with E-state index in [0.717, 1.165) is 0 Å². The van der Waals surface area contributed by atoms with E-state index in [0.29, 0.717) is 11.3 Å². The summed E-state index contributed by atoms with van der Waals surface area (Å²) in [6.07, 6.45) is -0.290. The largest absolute Gasteiger partial charge is 0.326 e. The molecule has 10 heteroatoms. The number of hydrogen-bond acceptors (Lipinski definition) is 5. The lowest BCUT2D eigenvalue weighted by atomic mass is 9.92. The third-order valence-corrected chi connectivity index (χ3v) is 4.76. The van der Waals surface area contributed by atoms with Gasteiger partial charge in [0.05, 0.1) is 17.2 Å². The van der Waals surface area contributed by atoms with Gasteiger partial charge in [-0.2, -0.15) is 4.98 Å². The van der Waals surface area contributed by atoms with E-state index in [9.17, 15) is 23.2 Å². The average molecular weight is 425 g/mol. The second kappa shape index (κ2) is 7.98. The van der Waals surface area contributed by atoms with Gasteiger partial charge in [-0.05, 0) is 48.9 Å². The molecule has 0 fully saturated rings. The normalized spacial score (nSPS) is 15.1.